The van der Waals surface area contributed by atoms with Crippen LogP contribution in [0.1, 0.15) is 11.6 Å². The van der Waals surface area contributed by atoms with Gasteiger partial charge in [0.1, 0.15) is 0 Å². The highest BCUT2D eigenvalue weighted by molar-refractivity contribution is 6.31. The molecule has 1 atom stereocenters. The van der Waals surface area contributed by atoms with Gasteiger partial charge >= 0.3 is 0 Å². The van der Waals surface area contributed by atoms with Gasteiger partial charge in [0.15, 0.2) is 0 Å². The fourth-order valence-electron chi connectivity index (χ4n) is 1.10. The zero-order chi connectivity index (χ0) is 8.97. The van der Waals surface area contributed by atoms with Crippen LogP contribution in [0, 0.1) is 0 Å². The van der Waals surface area contributed by atoms with E-state index in [9.17, 15) is 0 Å². The minimum Gasteiger partial charge on any atom is -0.394 e. The fraction of sp³-hybridized carbons (Fsp3) is 0.333. The van der Waals surface area contributed by atoms with Gasteiger partial charge in [0.25, 0.3) is 0 Å². The lowest BCUT2D eigenvalue weighted by Crippen LogP contribution is -2.20. The summed E-state index contributed by atoms with van der Waals surface area (Å²) >= 11 is 5.93. The average molecular weight is 186 g/mol. The van der Waals surface area contributed by atoms with Crippen molar-refractivity contribution in [2.45, 2.75) is 6.04 Å². The maximum Gasteiger partial charge on any atom is 0.0626 e. The van der Waals surface area contributed by atoms with Crippen LogP contribution in [0.25, 0.3) is 0 Å². The Morgan fingerprint density at radius 2 is 2.17 bits per heavy atom. The van der Waals surface area contributed by atoms with Gasteiger partial charge < -0.3 is 10.4 Å². The molecule has 66 valence electrons. The molecule has 0 radical (unpaired) electrons. The van der Waals surface area contributed by atoms with Crippen molar-refractivity contribution < 1.29 is 5.11 Å². The van der Waals surface area contributed by atoms with E-state index >= 15 is 0 Å². The van der Waals surface area contributed by atoms with Gasteiger partial charge in [-0.3, -0.25) is 0 Å². The topological polar surface area (TPSA) is 32.3 Å². The molecular weight excluding hydrogens is 174 g/mol. The van der Waals surface area contributed by atoms with Crippen molar-refractivity contribution in [3.8, 4) is 0 Å². The molecule has 3 heteroatoms. The van der Waals surface area contributed by atoms with Crippen LogP contribution in [0.4, 0.5) is 0 Å². The van der Waals surface area contributed by atoms with Crippen LogP contribution in [0.2, 0.25) is 5.02 Å². The first kappa shape index (κ1) is 9.52. The van der Waals surface area contributed by atoms with E-state index in [1.54, 1.807) is 7.05 Å². The number of benzene rings is 1. The Labute approximate surface area is 77.2 Å². The Balaban J connectivity index is 2.92. The van der Waals surface area contributed by atoms with E-state index in [4.69, 9.17) is 16.7 Å². The number of hydrogen-bond donors (Lipinski definition) is 2. The quantitative estimate of drug-likeness (QED) is 0.750. The Kier molecular flexibility index (Phi) is 3.53. The van der Waals surface area contributed by atoms with Gasteiger partial charge in [-0.25, -0.2) is 0 Å². The van der Waals surface area contributed by atoms with Gasteiger partial charge in [-0.15, -0.1) is 0 Å². The van der Waals surface area contributed by atoms with Gasteiger partial charge in [-0.05, 0) is 18.7 Å². The Bertz CT molecular complexity index is 248. The Morgan fingerprint density at radius 1 is 1.50 bits per heavy atom. The van der Waals surface area contributed by atoms with E-state index in [2.05, 4.69) is 5.32 Å². The number of aliphatic hydroxyl groups is 1. The number of rotatable bonds is 3. The summed E-state index contributed by atoms with van der Waals surface area (Å²) in [5, 5.41) is 12.6. The first-order chi connectivity index (χ1) is 5.79. The van der Waals surface area contributed by atoms with E-state index in [1.165, 1.54) is 0 Å². The third kappa shape index (κ3) is 1.97. The second-order valence-electron chi connectivity index (χ2n) is 2.55. The lowest BCUT2D eigenvalue weighted by Gasteiger charge is -2.14. The Morgan fingerprint density at radius 3 is 2.67 bits per heavy atom. The van der Waals surface area contributed by atoms with E-state index in [0.29, 0.717) is 5.02 Å². The first-order valence-corrected chi connectivity index (χ1v) is 4.20. The molecule has 0 aliphatic heterocycles. The number of nitrogens with one attached hydrogen (secondary N) is 1. The monoisotopic (exact) mass is 185 g/mol. The second kappa shape index (κ2) is 4.45. The van der Waals surface area contributed by atoms with E-state index < -0.39 is 0 Å². The minimum absolute atomic E-state index is 0.0558. The molecule has 0 fully saturated rings. The summed E-state index contributed by atoms with van der Waals surface area (Å²) in [5.41, 5.74) is 0.934. The summed E-state index contributed by atoms with van der Waals surface area (Å²) < 4.78 is 0. The Hall–Kier alpha value is -0.570. The van der Waals surface area contributed by atoms with Crippen LogP contribution in [0.15, 0.2) is 24.3 Å². The molecule has 2 N–H and O–H groups in total. The summed E-state index contributed by atoms with van der Waals surface area (Å²) in [5.74, 6) is 0. The molecule has 0 aliphatic carbocycles. The standard InChI is InChI=1S/C9H12ClNO/c1-11-9(6-12)7-4-2-3-5-8(7)10/h2-5,9,11-12H,6H2,1H3/t9-/m1/s1. The molecule has 1 aromatic rings. The fourth-order valence-corrected chi connectivity index (χ4v) is 1.37. The minimum atomic E-state index is -0.0706. The molecule has 0 heterocycles. The number of hydrogen-bond acceptors (Lipinski definition) is 2. The predicted molar refractivity (Wildman–Crippen MR) is 50.3 cm³/mol. The van der Waals surface area contributed by atoms with Crippen molar-refractivity contribution in [3.05, 3.63) is 34.9 Å². The third-order valence-corrected chi connectivity index (χ3v) is 2.16. The SMILES string of the molecule is CN[C@H](CO)c1ccccc1Cl. The third-order valence-electron chi connectivity index (χ3n) is 1.81. The lowest BCUT2D eigenvalue weighted by atomic mass is 10.1. The molecule has 0 spiro atoms. The average Bonchev–Trinajstić information content (AvgIpc) is 2.10. The smallest absolute Gasteiger partial charge is 0.0626 e. The molecule has 0 unspecified atom stereocenters. The van der Waals surface area contributed by atoms with Crippen molar-refractivity contribution in [1.29, 1.82) is 0 Å². The molecule has 0 saturated carbocycles. The maximum atomic E-state index is 8.98. The van der Waals surface area contributed by atoms with E-state index in [0.717, 1.165) is 5.56 Å². The molecule has 0 amide bonds. The van der Waals surface area contributed by atoms with Crippen molar-refractivity contribution in [1.82, 2.24) is 5.32 Å². The number of halogens is 1. The predicted octanol–water partition coefficient (Wildman–Crippen LogP) is 1.59. The van der Waals surface area contributed by atoms with Crippen LogP contribution in [0.5, 0.6) is 0 Å². The lowest BCUT2D eigenvalue weighted by molar-refractivity contribution is 0.251. The van der Waals surface area contributed by atoms with Crippen LogP contribution >= 0.6 is 11.6 Å². The van der Waals surface area contributed by atoms with Crippen LogP contribution in [-0.4, -0.2) is 18.8 Å². The maximum absolute atomic E-state index is 8.98. The van der Waals surface area contributed by atoms with Gasteiger partial charge in [-0.2, -0.15) is 0 Å². The first-order valence-electron chi connectivity index (χ1n) is 3.82. The highest BCUT2D eigenvalue weighted by Crippen LogP contribution is 2.21. The van der Waals surface area contributed by atoms with Crippen LogP contribution in [-0.2, 0) is 0 Å². The zero-order valence-electron chi connectivity index (χ0n) is 6.92. The molecule has 2 nitrogen and oxygen atoms in total. The van der Waals surface area contributed by atoms with Gasteiger partial charge in [0.2, 0.25) is 0 Å². The van der Waals surface area contributed by atoms with Gasteiger partial charge in [0.05, 0.1) is 12.6 Å². The summed E-state index contributed by atoms with van der Waals surface area (Å²) in [6.45, 7) is 0.0558. The van der Waals surface area contributed by atoms with Crippen molar-refractivity contribution >= 4 is 11.6 Å². The van der Waals surface area contributed by atoms with Crippen molar-refractivity contribution in [2.75, 3.05) is 13.7 Å². The zero-order valence-corrected chi connectivity index (χ0v) is 7.67. The highest BCUT2D eigenvalue weighted by atomic mass is 35.5. The summed E-state index contributed by atoms with van der Waals surface area (Å²) in [6.07, 6.45) is 0. The van der Waals surface area contributed by atoms with E-state index in [1.807, 2.05) is 24.3 Å². The van der Waals surface area contributed by atoms with E-state index in [-0.39, 0.29) is 12.6 Å². The molecule has 0 aromatic heterocycles. The number of aliphatic hydroxyl groups excluding tert-OH is 1. The normalized spacial score (nSPS) is 12.9. The summed E-state index contributed by atoms with van der Waals surface area (Å²) in [6, 6.07) is 7.42. The molecule has 0 aliphatic rings. The molecular formula is C9H12ClNO. The van der Waals surface area contributed by atoms with Crippen LogP contribution < -0.4 is 5.32 Å². The van der Waals surface area contributed by atoms with Crippen molar-refractivity contribution in [3.63, 3.8) is 0 Å². The van der Waals surface area contributed by atoms with Crippen LogP contribution in [0.3, 0.4) is 0 Å². The molecule has 12 heavy (non-hydrogen) atoms. The summed E-state index contributed by atoms with van der Waals surface area (Å²) in [7, 11) is 1.80. The van der Waals surface area contributed by atoms with Gasteiger partial charge in [0, 0.05) is 5.02 Å². The molecule has 1 aromatic carbocycles. The molecule has 0 bridgehead atoms. The highest BCUT2D eigenvalue weighted by Gasteiger charge is 2.09. The van der Waals surface area contributed by atoms with Gasteiger partial charge in [-0.1, -0.05) is 29.8 Å². The number of likely N-dealkylation sites (N-methyl/N-ethyl adjacent to an activating group) is 1. The molecule has 1 rings (SSSR count). The van der Waals surface area contributed by atoms with Crippen molar-refractivity contribution in [2.24, 2.45) is 0 Å². The molecule has 0 saturated heterocycles. The summed E-state index contributed by atoms with van der Waals surface area (Å²) in [4.78, 5) is 0. The second-order valence-corrected chi connectivity index (χ2v) is 2.95. The largest absolute Gasteiger partial charge is 0.394 e.